The molecular weight excluding hydrogens is 276 g/mol. The van der Waals surface area contributed by atoms with Crippen molar-refractivity contribution in [2.45, 2.75) is 19.8 Å². The minimum absolute atomic E-state index is 0.0138. The first kappa shape index (κ1) is 16.8. The van der Waals surface area contributed by atoms with Gasteiger partial charge in [0.2, 0.25) is 5.82 Å². The fourth-order valence-electron chi connectivity index (χ4n) is 1.49. The molecule has 0 saturated heterocycles. The summed E-state index contributed by atoms with van der Waals surface area (Å²) in [6.07, 6.45) is 1.59. The standard InChI is InChI=1S/C13H20N4O4/c1-5-6-14-12-10(17(18)19)13(21-8-7-20-4)16-11(15-12)9(2)3/h5,9H,1,6-8H2,2-4H3,(H,14,15,16). The van der Waals surface area contributed by atoms with Crippen LogP contribution in [-0.2, 0) is 4.74 Å². The highest BCUT2D eigenvalue weighted by Gasteiger charge is 2.26. The van der Waals surface area contributed by atoms with Crippen LogP contribution in [-0.4, -0.2) is 41.8 Å². The SMILES string of the molecule is C=CCNc1nc(C(C)C)nc(OCCOC)c1[N+](=O)[O-]. The minimum atomic E-state index is -0.558. The van der Waals surface area contributed by atoms with Crippen molar-refractivity contribution >= 4 is 11.5 Å². The predicted octanol–water partition coefficient (Wildman–Crippen LogP) is 2.13. The number of methoxy groups -OCH3 is 1. The van der Waals surface area contributed by atoms with Crippen molar-refractivity contribution in [3.05, 3.63) is 28.6 Å². The monoisotopic (exact) mass is 296 g/mol. The lowest BCUT2D eigenvalue weighted by Gasteiger charge is -2.12. The molecule has 0 atom stereocenters. The topological polar surface area (TPSA) is 99.4 Å². The second-order valence-corrected chi connectivity index (χ2v) is 4.51. The number of nitro groups is 1. The number of nitrogens with zero attached hydrogens (tertiary/aromatic N) is 3. The van der Waals surface area contributed by atoms with E-state index < -0.39 is 4.92 Å². The molecule has 1 aromatic rings. The maximum Gasteiger partial charge on any atom is 0.372 e. The Hall–Kier alpha value is -2.22. The van der Waals surface area contributed by atoms with Crippen LogP contribution in [0.4, 0.5) is 11.5 Å². The van der Waals surface area contributed by atoms with Gasteiger partial charge in [0, 0.05) is 19.6 Å². The molecule has 0 saturated carbocycles. The van der Waals surface area contributed by atoms with Crippen molar-refractivity contribution in [3.8, 4) is 5.88 Å². The normalized spacial score (nSPS) is 10.5. The molecule has 8 heteroatoms. The summed E-state index contributed by atoms with van der Waals surface area (Å²) in [4.78, 5) is 19.0. The van der Waals surface area contributed by atoms with Crippen LogP contribution in [0, 0.1) is 10.1 Å². The van der Waals surface area contributed by atoms with Gasteiger partial charge in [0.15, 0.2) is 0 Å². The Morgan fingerprint density at radius 2 is 2.14 bits per heavy atom. The van der Waals surface area contributed by atoms with E-state index in [1.165, 1.54) is 7.11 Å². The van der Waals surface area contributed by atoms with Crippen molar-refractivity contribution in [2.24, 2.45) is 0 Å². The van der Waals surface area contributed by atoms with Crippen molar-refractivity contribution in [1.82, 2.24) is 9.97 Å². The zero-order chi connectivity index (χ0) is 15.8. The summed E-state index contributed by atoms with van der Waals surface area (Å²) in [5.41, 5.74) is -0.280. The molecule has 21 heavy (non-hydrogen) atoms. The molecule has 0 bridgehead atoms. The van der Waals surface area contributed by atoms with Crippen molar-refractivity contribution in [3.63, 3.8) is 0 Å². The van der Waals surface area contributed by atoms with E-state index in [9.17, 15) is 10.1 Å². The van der Waals surface area contributed by atoms with Gasteiger partial charge >= 0.3 is 5.69 Å². The van der Waals surface area contributed by atoms with Gasteiger partial charge in [-0.3, -0.25) is 10.1 Å². The first-order chi connectivity index (χ1) is 10.0. The van der Waals surface area contributed by atoms with Crippen LogP contribution in [0.1, 0.15) is 25.6 Å². The summed E-state index contributed by atoms with van der Waals surface area (Å²) in [5.74, 6) is 0.563. The first-order valence-corrected chi connectivity index (χ1v) is 6.54. The summed E-state index contributed by atoms with van der Waals surface area (Å²) in [6, 6.07) is 0. The zero-order valence-corrected chi connectivity index (χ0v) is 12.5. The van der Waals surface area contributed by atoms with Crippen LogP contribution in [0.2, 0.25) is 0 Å². The molecule has 116 valence electrons. The second kappa shape index (κ2) is 8.15. The number of hydrogen-bond acceptors (Lipinski definition) is 7. The summed E-state index contributed by atoms with van der Waals surface area (Å²) in [5, 5.41) is 14.1. The van der Waals surface area contributed by atoms with E-state index >= 15 is 0 Å². The maximum absolute atomic E-state index is 11.3. The molecule has 0 fully saturated rings. The Bertz CT molecular complexity index is 505. The molecule has 1 N–H and O–H groups in total. The molecule has 1 aromatic heterocycles. The molecule has 0 aliphatic carbocycles. The summed E-state index contributed by atoms with van der Waals surface area (Å²) >= 11 is 0. The molecule has 0 radical (unpaired) electrons. The van der Waals surface area contributed by atoms with E-state index in [1.54, 1.807) is 6.08 Å². The predicted molar refractivity (Wildman–Crippen MR) is 78.8 cm³/mol. The van der Waals surface area contributed by atoms with Crippen molar-refractivity contribution in [2.75, 3.05) is 32.2 Å². The second-order valence-electron chi connectivity index (χ2n) is 4.51. The van der Waals surface area contributed by atoms with Gasteiger partial charge in [-0.05, 0) is 0 Å². The van der Waals surface area contributed by atoms with E-state index in [4.69, 9.17) is 9.47 Å². The van der Waals surface area contributed by atoms with Crippen molar-refractivity contribution < 1.29 is 14.4 Å². The molecule has 8 nitrogen and oxygen atoms in total. The fourth-order valence-corrected chi connectivity index (χ4v) is 1.49. The number of hydrogen-bond donors (Lipinski definition) is 1. The van der Waals surface area contributed by atoms with E-state index in [1.807, 2.05) is 13.8 Å². The lowest BCUT2D eigenvalue weighted by Crippen LogP contribution is -2.13. The van der Waals surface area contributed by atoms with Gasteiger partial charge in [0.25, 0.3) is 5.88 Å². The fraction of sp³-hybridized carbons (Fsp3) is 0.538. The molecule has 0 aliphatic heterocycles. The molecule has 0 amide bonds. The zero-order valence-electron chi connectivity index (χ0n) is 12.5. The summed E-state index contributed by atoms with van der Waals surface area (Å²) in [7, 11) is 1.52. The van der Waals surface area contributed by atoms with E-state index in [0.29, 0.717) is 19.0 Å². The van der Waals surface area contributed by atoms with Crippen molar-refractivity contribution in [1.29, 1.82) is 0 Å². The molecule has 0 unspecified atom stereocenters. The average Bonchev–Trinajstić information content (AvgIpc) is 2.44. The number of rotatable bonds is 9. The Kier molecular flexibility index (Phi) is 6.54. The van der Waals surface area contributed by atoms with Gasteiger partial charge in [-0.15, -0.1) is 6.58 Å². The summed E-state index contributed by atoms with van der Waals surface area (Å²) in [6.45, 7) is 8.21. The third kappa shape index (κ3) is 4.67. The average molecular weight is 296 g/mol. The lowest BCUT2D eigenvalue weighted by atomic mass is 10.2. The molecular formula is C13H20N4O4. The first-order valence-electron chi connectivity index (χ1n) is 6.54. The Morgan fingerprint density at radius 1 is 1.43 bits per heavy atom. The Balaban J connectivity index is 3.24. The van der Waals surface area contributed by atoms with Gasteiger partial charge in [0.05, 0.1) is 11.5 Å². The molecule has 0 aromatic carbocycles. The number of nitrogens with one attached hydrogen (secondary N) is 1. The van der Waals surface area contributed by atoms with E-state index in [-0.39, 0.29) is 29.9 Å². The van der Waals surface area contributed by atoms with E-state index in [0.717, 1.165) is 0 Å². The van der Waals surface area contributed by atoms with Crippen LogP contribution in [0.15, 0.2) is 12.7 Å². The Morgan fingerprint density at radius 3 is 2.67 bits per heavy atom. The molecule has 0 aliphatic rings. The van der Waals surface area contributed by atoms with E-state index in [2.05, 4.69) is 21.9 Å². The summed E-state index contributed by atoms with van der Waals surface area (Å²) < 4.78 is 10.2. The maximum atomic E-state index is 11.3. The largest absolute Gasteiger partial charge is 0.470 e. The van der Waals surface area contributed by atoms with Gasteiger partial charge in [-0.1, -0.05) is 19.9 Å². The molecule has 1 rings (SSSR count). The highest BCUT2D eigenvalue weighted by atomic mass is 16.6. The molecule has 0 spiro atoms. The molecule has 1 heterocycles. The number of ether oxygens (including phenoxy) is 2. The van der Waals surface area contributed by atoms with Crippen LogP contribution >= 0.6 is 0 Å². The van der Waals surface area contributed by atoms with Crippen LogP contribution in [0.25, 0.3) is 0 Å². The minimum Gasteiger partial charge on any atom is -0.470 e. The lowest BCUT2D eigenvalue weighted by molar-refractivity contribution is -0.385. The highest BCUT2D eigenvalue weighted by molar-refractivity contribution is 5.62. The third-order valence-corrected chi connectivity index (χ3v) is 2.51. The number of anilines is 1. The smallest absolute Gasteiger partial charge is 0.372 e. The quantitative estimate of drug-likeness (QED) is 0.322. The third-order valence-electron chi connectivity index (χ3n) is 2.51. The number of aromatic nitrogens is 2. The Labute approximate surface area is 123 Å². The van der Waals surface area contributed by atoms with Gasteiger partial charge < -0.3 is 14.8 Å². The van der Waals surface area contributed by atoms with Gasteiger partial charge in [0.1, 0.15) is 12.4 Å². The van der Waals surface area contributed by atoms with Crippen LogP contribution in [0.5, 0.6) is 5.88 Å². The highest BCUT2D eigenvalue weighted by Crippen LogP contribution is 2.33. The van der Waals surface area contributed by atoms with Crippen LogP contribution < -0.4 is 10.1 Å². The van der Waals surface area contributed by atoms with Gasteiger partial charge in [-0.25, -0.2) is 4.98 Å². The van der Waals surface area contributed by atoms with Crippen LogP contribution in [0.3, 0.4) is 0 Å². The van der Waals surface area contributed by atoms with Gasteiger partial charge in [-0.2, -0.15) is 4.98 Å².